The number of nitrogens with two attached hydrogens (primary N) is 2. The first-order valence-electron chi connectivity index (χ1n) is 13.8. The number of halogens is 6. The summed E-state index contributed by atoms with van der Waals surface area (Å²) in [6, 6.07) is 4.40. The Balaban J connectivity index is 0.000000165. The molecule has 0 spiro atoms. The fourth-order valence-corrected chi connectivity index (χ4v) is 6.22. The summed E-state index contributed by atoms with van der Waals surface area (Å²) in [5.41, 5.74) is 12.6. The van der Waals surface area contributed by atoms with Gasteiger partial charge in [0.2, 0.25) is 23.8 Å². The molecule has 10 nitrogen and oxygen atoms in total. The summed E-state index contributed by atoms with van der Waals surface area (Å²) in [6.07, 6.45) is 15.9. The highest BCUT2D eigenvalue weighted by molar-refractivity contribution is 14.1. The molecule has 2 aliphatic carbocycles. The summed E-state index contributed by atoms with van der Waals surface area (Å²) in [5.74, 6) is 1.04. The Bertz CT molecular complexity index is 1540. The lowest BCUT2D eigenvalue weighted by atomic mass is 10.1. The van der Waals surface area contributed by atoms with Crippen LogP contribution in [0.4, 0.5) is 32.3 Å². The van der Waals surface area contributed by atoms with Crippen LogP contribution in [0.5, 0.6) is 0 Å². The fourth-order valence-electron chi connectivity index (χ4n) is 4.73. The molecule has 0 bridgehead atoms. The maximum atomic E-state index is 13.6. The Hall–Kier alpha value is -2.06. The van der Waals surface area contributed by atoms with Crippen LogP contribution in [-0.4, -0.2) is 42.0 Å². The Morgan fingerprint density at radius 3 is 1.73 bits per heavy atom. The van der Waals surface area contributed by atoms with Gasteiger partial charge in [-0.05, 0) is 115 Å². The molecule has 0 radical (unpaired) electrons. The van der Waals surface area contributed by atoms with Crippen molar-refractivity contribution in [3.05, 3.63) is 64.9 Å². The molecule has 0 aliphatic heterocycles. The summed E-state index contributed by atoms with van der Waals surface area (Å²) in [5, 5.41) is 6.81. The third-order valence-corrected chi connectivity index (χ3v) is 10.8. The number of anilines is 4. The number of nitrogens with one attached hydrogen (secondary N) is 2. The minimum atomic E-state index is -0.559. The van der Waals surface area contributed by atoms with Crippen LogP contribution in [0, 0.1) is 19.0 Å². The summed E-state index contributed by atoms with van der Waals surface area (Å²) in [4.78, 5) is 23.5. The molecule has 16 heteroatoms. The molecular weight excluding hydrogens is 928 g/mol. The van der Waals surface area contributed by atoms with E-state index < -0.39 is 11.9 Å². The lowest BCUT2D eigenvalue weighted by molar-refractivity contribution is 0.575. The highest BCUT2D eigenvalue weighted by Crippen LogP contribution is 2.34. The molecule has 2 aliphatic rings. The van der Waals surface area contributed by atoms with Crippen molar-refractivity contribution < 1.29 is 8.78 Å². The first-order valence-corrected chi connectivity index (χ1v) is 17.6. The number of nitrogen functional groups attached to an aromatic ring is 2. The summed E-state index contributed by atoms with van der Waals surface area (Å²) in [7, 11) is 0. The van der Waals surface area contributed by atoms with Crippen LogP contribution in [0.15, 0.2) is 45.9 Å². The van der Waals surface area contributed by atoms with Crippen molar-refractivity contribution in [2.24, 2.45) is 0 Å². The first kappa shape index (κ1) is 34.8. The zero-order valence-electron chi connectivity index (χ0n) is 23.4. The first-order chi connectivity index (χ1) is 21.1. The molecule has 0 unspecified atom stereocenters. The number of hydrogen-bond donors (Lipinski definition) is 4. The lowest BCUT2D eigenvalue weighted by Crippen LogP contribution is -2.17. The van der Waals surface area contributed by atoms with E-state index in [2.05, 4.69) is 95.0 Å². The maximum absolute atomic E-state index is 13.6. The van der Waals surface area contributed by atoms with Gasteiger partial charge in [-0.1, -0.05) is 25.7 Å². The molecule has 6 rings (SSSR count). The highest BCUT2D eigenvalue weighted by Gasteiger charge is 2.20. The van der Waals surface area contributed by atoms with Crippen molar-refractivity contribution in [3.63, 3.8) is 0 Å². The van der Waals surface area contributed by atoms with Gasteiger partial charge in [0.15, 0.2) is 0 Å². The monoisotopic (exact) mass is 956 g/mol. The largest absolute Gasteiger partial charge is 0.368 e. The summed E-state index contributed by atoms with van der Waals surface area (Å²) < 4.78 is 28.7. The molecule has 44 heavy (non-hydrogen) atoms. The van der Waals surface area contributed by atoms with Gasteiger partial charge in [-0.2, -0.15) is 18.7 Å². The normalized spacial score (nSPS) is 14.8. The fraction of sp³-hybridized carbons (Fsp3) is 0.357. The number of nitrogens with zero attached hydrogens (tertiary/aromatic N) is 6. The molecule has 0 saturated heterocycles. The van der Waals surface area contributed by atoms with Crippen LogP contribution in [0.1, 0.15) is 51.4 Å². The minimum absolute atomic E-state index is 0.199. The minimum Gasteiger partial charge on any atom is -0.368 e. The van der Waals surface area contributed by atoms with Crippen LogP contribution >= 0.6 is 77.0 Å². The second kappa shape index (κ2) is 17.0. The molecule has 2 saturated carbocycles. The quantitative estimate of drug-likeness (QED) is 0.114. The van der Waals surface area contributed by atoms with Gasteiger partial charge in [0.1, 0.15) is 11.6 Å². The van der Waals surface area contributed by atoms with Crippen LogP contribution in [0.2, 0.25) is 0 Å². The van der Waals surface area contributed by atoms with E-state index >= 15 is 0 Å². The van der Waals surface area contributed by atoms with Crippen molar-refractivity contribution in [3.8, 4) is 11.1 Å². The van der Waals surface area contributed by atoms with Gasteiger partial charge in [0.25, 0.3) is 0 Å². The number of aromatic nitrogens is 6. The van der Waals surface area contributed by atoms with Crippen LogP contribution in [0.25, 0.3) is 11.1 Å². The third kappa shape index (κ3) is 9.97. The Kier molecular flexibility index (Phi) is 13.5. The molecule has 0 amide bonds. The van der Waals surface area contributed by atoms with Crippen molar-refractivity contribution >= 4 is 101 Å². The van der Waals surface area contributed by atoms with Crippen LogP contribution in [0.3, 0.4) is 0 Å². The van der Waals surface area contributed by atoms with E-state index in [9.17, 15) is 8.78 Å². The van der Waals surface area contributed by atoms with E-state index in [0.717, 1.165) is 25.8 Å². The molecule has 0 aromatic carbocycles. The smallest absolute Gasteiger partial charge is 0.228 e. The molecule has 234 valence electrons. The van der Waals surface area contributed by atoms with E-state index in [-0.39, 0.29) is 5.95 Å². The van der Waals surface area contributed by atoms with Crippen molar-refractivity contribution in [2.45, 2.75) is 63.5 Å². The van der Waals surface area contributed by atoms with Gasteiger partial charge < -0.3 is 22.1 Å². The SMILES string of the molecule is Fc1nccc(I)c1Br.Nc1ncc(-c2ccnc(F)c2Br)c(NC2CCCC2)n1.Nc1ncc(I)c(NC2CCCC2)n1. The van der Waals surface area contributed by atoms with E-state index in [0.29, 0.717) is 43.9 Å². The Morgan fingerprint density at radius 1 is 0.659 bits per heavy atom. The zero-order valence-corrected chi connectivity index (χ0v) is 30.9. The number of pyridine rings is 2. The molecule has 4 aromatic heterocycles. The zero-order chi connectivity index (χ0) is 31.6. The molecule has 6 N–H and O–H groups in total. The van der Waals surface area contributed by atoms with Crippen molar-refractivity contribution in [2.75, 3.05) is 22.1 Å². The standard InChI is InChI=1S/C14H15BrFN5.C9H13IN4.C5H2BrFIN/c15-11-9(5-6-18-12(11)16)10-7-19-14(17)21-13(10)20-8-3-1-2-4-8;10-7-5-12-9(11)14-8(7)13-6-3-1-2-4-6;6-4-3(8)1-2-9-5(4)7/h5-8H,1-4H2,(H3,17,19,20,21);5-6H,1-4H2,(H3,11,12,13,14);1-2H. The van der Waals surface area contributed by atoms with E-state index in [1.807, 2.05) is 22.6 Å². The molecule has 2 fully saturated rings. The van der Waals surface area contributed by atoms with E-state index in [1.165, 1.54) is 50.9 Å². The van der Waals surface area contributed by atoms with Gasteiger partial charge in [0, 0.05) is 51.6 Å². The van der Waals surface area contributed by atoms with Crippen molar-refractivity contribution in [1.29, 1.82) is 0 Å². The van der Waals surface area contributed by atoms with E-state index in [1.54, 1.807) is 24.5 Å². The van der Waals surface area contributed by atoms with E-state index in [4.69, 9.17) is 11.5 Å². The molecule has 4 aromatic rings. The Labute approximate surface area is 298 Å². The van der Waals surface area contributed by atoms with Crippen LogP contribution in [-0.2, 0) is 0 Å². The van der Waals surface area contributed by atoms with Gasteiger partial charge in [-0.3, -0.25) is 0 Å². The molecule has 0 atom stereocenters. The average molecular weight is 958 g/mol. The van der Waals surface area contributed by atoms with Crippen molar-refractivity contribution in [1.82, 2.24) is 29.9 Å². The average Bonchev–Trinajstić information content (AvgIpc) is 3.71. The lowest BCUT2D eigenvalue weighted by Gasteiger charge is -2.16. The number of rotatable bonds is 5. The topological polar surface area (TPSA) is 153 Å². The highest BCUT2D eigenvalue weighted by atomic mass is 127. The summed E-state index contributed by atoms with van der Waals surface area (Å²) >= 11 is 10.5. The summed E-state index contributed by atoms with van der Waals surface area (Å²) in [6.45, 7) is 0. The molecular formula is C28H30Br2F2I2N10. The third-order valence-electron chi connectivity index (χ3n) is 6.90. The van der Waals surface area contributed by atoms with Gasteiger partial charge in [-0.15, -0.1) is 0 Å². The second-order valence-electron chi connectivity index (χ2n) is 10.0. The Morgan fingerprint density at radius 2 is 1.16 bits per heavy atom. The predicted molar refractivity (Wildman–Crippen MR) is 193 cm³/mol. The van der Waals surface area contributed by atoms with Gasteiger partial charge in [0.05, 0.1) is 12.5 Å². The van der Waals surface area contributed by atoms with Gasteiger partial charge >= 0.3 is 0 Å². The second-order valence-corrected chi connectivity index (χ2v) is 13.9. The van der Waals surface area contributed by atoms with Gasteiger partial charge in [-0.25, -0.2) is 19.9 Å². The number of hydrogen-bond acceptors (Lipinski definition) is 10. The molecule has 4 heterocycles. The maximum Gasteiger partial charge on any atom is 0.228 e. The predicted octanol–water partition coefficient (Wildman–Crippen LogP) is 7.98. The van der Waals surface area contributed by atoms with Crippen LogP contribution < -0.4 is 22.1 Å².